The van der Waals surface area contributed by atoms with E-state index in [1.54, 1.807) is 0 Å². The van der Waals surface area contributed by atoms with E-state index < -0.39 is 47.2 Å². The van der Waals surface area contributed by atoms with Crippen molar-refractivity contribution in [3.05, 3.63) is 35.9 Å². The maximum Gasteiger partial charge on any atom is 0.315 e. The fourth-order valence-electron chi connectivity index (χ4n) is 6.27. The molecule has 10 heteroatoms. The minimum Gasteiger partial charge on any atom is -0.363 e. The Labute approximate surface area is 262 Å². The third-order valence-corrected chi connectivity index (χ3v) is 8.69. The molecule has 2 unspecified atom stereocenters. The van der Waals surface area contributed by atoms with Crippen LogP contribution in [0.2, 0.25) is 0 Å². The van der Waals surface area contributed by atoms with Gasteiger partial charge in [0.25, 0.3) is 5.91 Å². The number of primary amides is 1. The first-order valence-electron chi connectivity index (χ1n) is 16.4. The number of Topliss-reactive ketones (excluding diaryl/α,β-unsaturated/α-hetero) is 1. The number of amides is 5. The molecule has 0 spiro atoms. The number of urea groups is 1. The van der Waals surface area contributed by atoms with Crippen LogP contribution in [0.25, 0.3) is 0 Å². The van der Waals surface area contributed by atoms with Crippen LogP contribution in [0, 0.1) is 11.3 Å². The van der Waals surface area contributed by atoms with E-state index in [2.05, 4.69) is 41.9 Å². The fourth-order valence-corrected chi connectivity index (χ4v) is 6.27. The summed E-state index contributed by atoms with van der Waals surface area (Å²) in [5, 5.41) is 8.87. The number of likely N-dealkylation sites (tertiary alicyclic amines) is 1. The Morgan fingerprint density at radius 3 is 2.11 bits per heavy atom. The largest absolute Gasteiger partial charge is 0.363 e. The van der Waals surface area contributed by atoms with Crippen LogP contribution >= 0.6 is 0 Å². The zero-order chi connectivity index (χ0) is 32.5. The van der Waals surface area contributed by atoms with Gasteiger partial charge in [-0.1, -0.05) is 97.1 Å². The van der Waals surface area contributed by atoms with Crippen LogP contribution in [-0.4, -0.2) is 64.6 Å². The first-order valence-corrected chi connectivity index (χ1v) is 16.4. The van der Waals surface area contributed by atoms with Gasteiger partial charge in [-0.3, -0.25) is 19.2 Å². The van der Waals surface area contributed by atoms with Crippen LogP contribution in [0.3, 0.4) is 0 Å². The average Bonchev–Trinajstić information content (AvgIpc) is 3.44. The average molecular weight is 612 g/mol. The first kappa shape index (κ1) is 35.1. The molecule has 3 atom stereocenters. The van der Waals surface area contributed by atoms with E-state index in [4.69, 9.17) is 5.73 Å². The van der Waals surface area contributed by atoms with E-state index in [9.17, 15) is 24.0 Å². The molecule has 1 heterocycles. The van der Waals surface area contributed by atoms with Crippen LogP contribution in [0.5, 0.6) is 0 Å². The number of nitrogens with two attached hydrogens (primary N) is 1. The Kier molecular flexibility index (Phi) is 12.4. The van der Waals surface area contributed by atoms with E-state index in [1.807, 2.05) is 39.0 Å². The van der Waals surface area contributed by atoms with Crippen LogP contribution in [0.4, 0.5) is 4.79 Å². The standard InChI is InChI=1S/C31H45N5O5.C3H8/c1-30(2,3)25(34-29(41)35-31(15-7-8-16-31)19-21-10-5-4-6-11-21)28(40)36-17-9-12-23(36)27(39)33-22(18-20-13-14-20)24(37)26(32)38;1-3-2/h4-6,10-11,20,22-23,25H,7-9,12-19H2,1-3H3,(H2,32,38)(H,33,39)(H2,34,35,41);3H2,1-2H3/t22?,23-,25?;/m0./s1. The number of hydrogen-bond acceptors (Lipinski definition) is 5. The molecule has 44 heavy (non-hydrogen) atoms. The third-order valence-electron chi connectivity index (χ3n) is 8.69. The molecule has 0 radical (unpaired) electrons. The number of benzene rings is 1. The molecular weight excluding hydrogens is 558 g/mol. The van der Waals surface area contributed by atoms with Gasteiger partial charge < -0.3 is 26.6 Å². The lowest BCUT2D eigenvalue weighted by molar-refractivity contribution is -0.143. The normalized spacial score (nSPS) is 20.5. The molecule has 3 fully saturated rings. The van der Waals surface area contributed by atoms with E-state index >= 15 is 0 Å². The Balaban J connectivity index is 0.00000169. The molecule has 1 aromatic carbocycles. The minimum atomic E-state index is -1.08. The molecule has 1 saturated heterocycles. The van der Waals surface area contributed by atoms with Crippen molar-refractivity contribution in [1.82, 2.24) is 20.9 Å². The summed E-state index contributed by atoms with van der Waals surface area (Å²) in [5.74, 6) is -2.42. The van der Waals surface area contributed by atoms with E-state index in [-0.39, 0.29) is 17.4 Å². The summed E-state index contributed by atoms with van der Waals surface area (Å²) in [5.41, 5.74) is 5.38. The van der Waals surface area contributed by atoms with Crippen molar-refractivity contribution in [3.8, 4) is 0 Å². The van der Waals surface area contributed by atoms with Gasteiger partial charge in [0.2, 0.25) is 17.6 Å². The molecule has 244 valence electrons. The molecule has 5 N–H and O–H groups in total. The van der Waals surface area contributed by atoms with Gasteiger partial charge in [-0.05, 0) is 55.4 Å². The summed E-state index contributed by atoms with van der Waals surface area (Å²) in [6.07, 6.45) is 9.05. The van der Waals surface area contributed by atoms with Crippen molar-refractivity contribution in [3.63, 3.8) is 0 Å². The van der Waals surface area contributed by atoms with E-state index in [0.29, 0.717) is 25.8 Å². The SMILES string of the molecule is CC(C)(C)C(NC(=O)NC1(Cc2ccccc2)CCCC1)C(=O)N1CCC[C@H]1C(=O)NC(CC1CC1)C(=O)C(N)=O.CCC. The van der Waals surface area contributed by atoms with Gasteiger partial charge in [-0.25, -0.2) is 4.79 Å². The van der Waals surface area contributed by atoms with Gasteiger partial charge in [-0.15, -0.1) is 0 Å². The number of ketones is 1. The summed E-state index contributed by atoms with van der Waals surface area (Å²) < 4.78 is 0. The number of rotatable bonds is 11. The Bertz CT molecular complexity index is 1150. The molecule has 0 bridgehead atoms. The van der Waals surface area contributed by atoms with Crippen molar-refractivity contribution in [1.29, 1.82) is 0 Å². The monoisotopic (exact) mass is 611 g/mol. The molecule has 1 aromatic rings. The summed E-state index contributed by atoms with van der Waals surface area (Å²) in [7, 11) is 0. The smallest absolute Gasteiger partial charge is 0.315 e. The molecule has 0 aromatic heterocycles. The van der Waals surface area contributed by atoms with Crippen LogP contribution in [0.1, 0.15) is 104 Å². The van der Waals surface area contributed by atoms with Crippen LogP contribution in [-0.2, 0) is 25.6 Å². The molecule has 4 rings (SSSR count). The maximum atomic E-state index is 13.9. The quantitative estimate of drug-likeness (QED) is 0.279. The lowest BCUT2D eigenvalue weighted by atomic mass is 9.85. The highest BCUT2D eigenvalue weighted by molar-refractivity contribution is 6.37. The highest BCUT2D eigenvalue weighted by Gasteiger charge is 2.44. The summed E-state index contributed by atoms with van der Waals surface area (Å²) >= 11 is 0. The molecule has 1 aliphatic heterocycles. The van der Waals surface area contributed by atoms with Crippen molar-refractivity contribution in [2.45, 2.75) is 129 Å². The third kappa shape index (κ3) is 9.79. The highest BCUT2D eigenvalue weighted by Crippen LogP contribution is 2.35. The Hall–Kier alpha value is -3.43. The van der Waals surface area contributed by atoms with Crippen LogP contribution < -0.4 is 21.7 Å². The first-order chi connectivity index (χ1) is 20.8. The van der Waals surface area contributed by atoms with Crippen molar-refractivity contribution in [2.24, 2.45) is 17.1 Å². The van der Waals surface area contributed by atoms with Gasteiger partial charge in [0.1, 0.15) is 12.1 Å². The number of carbonyl (C=O) groups is 5. The molecular formula is C34H53N5O5. The van der Waals surface area contributed by atoms with Crippen LogP contribution in [0.15, 0.2) is 30.3 Å². The molecule has 2 saturated carbocycles. The topological polar surface area (TPSA) is 151 Å². The minimum absolute atomic E-state index is 0.281. The van der Waals surface area contributed by atoms with Gasteiger partial charge in [0.15, 0.2) is 0 Å². The second-order valence-electron chi connectivity index (χ2n) is 13.9. The molecule has 2 aliphatic carbocycles. The maximum absolute atomic E-state index is 13.9. The van der Waals surface area contributed by atoms with E-state index in [1.165, 1.54) is 11.3 Å². The lowest BCUT2D eigenvalue weighted by Gasteiger charge is -2.37. The van der Waals surface area contributed by atoms with Crippen molar-refractivity contribution in [2.75, 3.05) is 6.54 Å². The lowest BCUT2D eigenvalue weighted by Crippen LogP contribution is -2.62. The molecule has 5 amide bonds. The predicted molar refractivity (Wildman–Crippen MR) is 170 cm³/mol. The Morgan fingerprint density at radius 1 is 0.955 bits per heavy atom. The zero-order valence-electron chi connectivity index (χ0n) is 27.2. The second-order valence-corrected chi connectivity index (χ2v) is 13.9. The van der Waals surface area contributed by atoms with Crippen molar-refractivity contribution >= 4 is 29.5 Å². The summed E-state index contributed by atoms with van der Waals surface area (Å²) in [6.45, 7) is 10.3. The number of hydrogen-bond donors (Lipinski definition) is 4. The van der Waals surface area contributed by atoms with Gasteiger partial charge in [0, 0.05) is 12.1 Å². The second kappa shape index (κ2) is 15.5. The number of carbonyl (C=O) groups excluding carboxylic acids is 5. The van der Waals surface area contributed by atoms with Gasteiger partial charge in [-0.2, -0.15) is 0 Å². The Morgan fingerprint density at radius 2 is 1.57 bits per heavy atom. The van der Waals surface area contributed by atoms with Crippen molar-refractivity contribution < 1.29 is 24.0 Å². The fraction of sp³-hybridized carbons (Fsp3) is 0.676. The van der Waals surface area contributed by atoms with E-state index in [0.717, 1.165) is 50.5 Å². The molecule has 10 nitrogen and oxygen atoms in total. The highest BCUT2D eigenvalue weighted by atomic mass is 16.2. The van der Waals surface area contributed by atoms with Gasteiger partial charge >= 0.3 is 6.03 Å². The van der Waals surface area contributed by atoms with Gasteiger partial charge in [0.05, 0.1) is 6.04 Å². The molecule has 3 aliphatic rings. The number of nitrogens with one attached hydrogen (secondary N) is 3. The zero-order valence-corrected chi connectivity index (χ0v) is 27.2. The number of nitrogens with zero attached hydrogens (tertiary/aromatic N) is 1. The predicted octanol–water partition coefficient (Wildman–Crippen LogP) is 4.00. The summed E-state index contributed by atoms with van der Waals surface area (Å²) in [6, 6.07) is 7.03. The summed E-state index contributed by atoms with van der Waals surface area (Å²) in [4.78, 5) is 66.2.